The first-order chi connectivity index (χ1) is 9.81. The number of nitrogens with one attached hydrogen (secondary N) is 1. The number of hydrogen-bond donors (Lipinski definition) is 2. The highest BCUT2D eigenvalue weighted by Gasteiger charge is 2.15. The SMILES string of the molecule is COc1ccc(S(N)(=O)=O)cc1NC(C)c1ccc(C)s1. The van der Waals surface area contributed by atoms with Gasteiger partial charge in [-0.25, -0.2) is 13.6 Å². The van der Waals surface area contributed by atoms with Crippen LogP contribution in [0.3, 0.4) is 0 Å². The summed E-state index contributed by atoms with van der Waals surface area (Å²) in [7, 11) is -2.20. The number of ether oxygens (including phenoxy) is 1. The molecule has 114 valence electrons. The molecule has 1 aromatic heterocycles. The summed E-state index contributed by atoms with van der Waals surface area (Å²) in [5.74, 6) is 0.572. The van der Waals surface area contributed by atoms with E-state index in [1.807, 2.05) is 19.9 Å². The van der Waals surface area contributed by atoms with E-state index in [0.29, 0.717) is 11.4 Å². The second-order valence-electron chi connectivity index (χ2n) is 4.72. The lowest BCUT2D eigenvalue weighted by Crippen LogP contribution is -2.13. The van der Waals surface area contributed by atoms with Gasteiger partial charge in [0.25, 0.3) is 0 Å². The summed E-state index contributed by atoms with van der Waals surface area (Å²) in [5, 5.41) is 8.44. The molecule has 2 aromatic rings. The molecule has 0 aliphatic rings. The zero-order chi connectivity index (χ0) is 15.6. The van der Waals surface area contributed by atoms with Crippen LogP contribution in [0.15, 0.2) is 35.2 Å². The minimum atomic E-state index is -3.74. The van der Waals surface area contributed by atoms with Gasteiger partial charge in [-0.1, -0.05) is 0 Å². The molecule has 2 rings (SSSR count). The second kappa shape index (κ2) is 6.05. The highest BCUT2D eigenvalue weighted by molar-refractivity contribution is 7.89. The highest BCUT2D eigenvalue weighted by atomic mass is 32.2. The Labute approximate surface area is 128 Å². The molecule has 0 aliphatic heterocycles. The van der Waals surface area contributed by atoms with Crippen molar-refractivity contribution in [2.75, 3.05) is 12.4 Å². The third-order valence-electron chi connectivity index (χ3n) is 3.06. The summed E-state index contributed by atoms with van der Waals surface area (Å²) in [4.78, 5) is 2.44. The van der Waals surface area contributed by atoms with Crippen LogP contribution in [0, 0.1) is 6.92 Å². The lowest BCUT2D eigenvalue weighted by Gasteiger charge is -2.17. The summed E-state index contributed by atoms with van der Waals surface area (Å²) >= 11 is 1.69. The first-order valence-corrected chi connectivity index (χ1v) is 8.71. The van der Waals surface area contributed by atoms with Crippen molar-refractivity contribution in [3.8, 4) is 5.75 Å². The van der Waals surface area contributed by atoms with Gasteiger partial charge in [0.15, 0.2) is 0 Å². The molecule has 21 heavy (non-hydrogen) atoms. The second-order valence-corrected chi connectivity index (χ2v) is 7.60. The maximum Gasteiger partial charge on any atom is 0.238 e. The van der Waals surface area contributed by atoms with E-state index < -0.39 is 10.0 Å². The van der Waals surface area contributed by atoms with Gasteiger partial charge in [-0.15, -0.1) is 11.3 Å². The third kappa shape index (κ3) is 3.75. The largest absolute Gasteiger partial charge is 0.495 e. The number of methoxy groups -OCH3 is 1. The summed E-state index contributed by atoms with van der Waals surface area (Å²) in [6.07, 6.45) is 0. The normalized spacial score (nSPS) is 13.0. The molecule has 0 aliphatic carbocycles. The number of sulfonamides is 1. The summed E-state index contributed by atoms with van der Waals surface area (Å²) < 4.78 is 28.2. The van der Waals surface area contributed by atoms with Gasteiger partial charge in [-0.3, -0.25) is 0 Å². The molecule has 1 atom stereocenters. The zero-order valence-corrected chi connectivity index (χ0v) is 13.7. The van der Waals surface area contributed by atoms with E-state index in [9.17, 15) is 8.42 Å². The lowest BCUT2D eigenvalue weighted by atomic mass is 10.2. The van der Waals surface area contributed by atoms with Gasteiger partial charge in [0, 0.05) is 9.75 Å². The summed E-state index contributed by atoms with van der Waals surface area (Å²) in [6.45, 7) is 4.05. The van der Waals surface area contributed by atoms with Crippen molar-refractivity contribution >= 4 is 27.0 Å². The van der Waals surface area contributed by atoms with Gasteiger partial charge in [-0.05, 0) is 44.2 Å². The van der Waals surface area contributed by atoms with Gasteiger partial charge in [0.2, 0.25) is 10.0 Å². The van der Waals surface area contributed by atoms with E-state index in [1.54, 1.807) is 17.4 Å². The average molecular weight is 326 g/mol. The quantitative estimate of drug-likeness (QED) is 0.885. The van der Waals surface area contributed by atoms with Crippen LogP contribution in [-0.2, 0) is 10.0 Å². The molecular weight excluding hydrogens is 308 g/mol. The standard InChI is InChI=1S/C14H18N2O3S2/c1-9-4-7-14(20-9)10(2)16-12-8-11(21(15,17)18)5-6-13(12)19-3/h4-8,10,16H,1-3H3,(H2,15,17,18). The third-order valence-corrected chi connectivity index (χ3v) is 5.15. The van der Waals surface area contributed by atoms with Crippen LogP contribution in [0.2, 0.25) is 0 Å². The van der Waals surface area contributed by atoms with E-state index in [0.717, 1.165) is 4.88 Å². The molecule has 0 saturated carbocycles. The van der Waals surface area contributed by atoms with E-state index in [4.69, 9.17) is 9.88 Å². The van der Waals surface area contributed by atoms with Crippen LogP contribution >= 0.6 is 11.3 Å². The smallest absolute Gasteiger partial charge is 0.238 e. The molecule has 0 radical (unpaired) electrons. The fraction of sp³-hybridized carbons (Fsp3) is 0.286. The molecule has 0 fully saturated rings. The Kier molecular flexibility index (Phi) is 4.55. The molecule has 3 N–H and O–H groups in total. The predicted octanol–water partition coefficient (Wildman–Crippen LogP) is 2.89. The Morgan fingerprint density at radius 1 is 1.29 bits per heavy atom. The van der Waals surface area contributed by atoms with Crippen LogP contribution in [0.5, 0.6) is 5.75 Å². The molecule has 1 unspecified atom stereocenters. The van der Waals surface area contributed by atoms with Crippen LogP contribution < -0.4 is 15.2 Å². The topological polar surface area (TPSA) is 81.4 Å². The number of thiophene rings is 1. The number of primary sulfonamides is 1. The van der Waals surface area contributed by atoms with E-state index in [2.05, 4.69) is 11.4 Å². The van der Waals surface area contributed by atoms with Crippen molar-refractivity contribution < 1.29 is 13.2 Å². The predicted molar refractivity (Wildman–Crippen MR) is 85.5 cm³/mol. The zero-order valence-electron chi connectivity index (χ0n) is 12.1. The van der Waals surface area contributed by atoms with Crippen molar-refractivity contribution in [1.29, 1.82) is 0 Å². The number of hydrogen-bond acceptors (Lipinski definition) is 5. The Morgan fingerprint density at radius 3 is 2.52 bits per heavy atom. The van der Waals surface area contributed by atoms with E-state index in [-0.39, 0.29) is 10.9 Å². The van der Waals surface area contributed by atoms with E-state index in [1.165, 1.54) is 24.1 Å². The summed E-state index contributed by atoms with van der Waals surface area (Å²) in [6, 6.07) is 8.65. The Morgan fingerprint density at radius 2 is 2.00 bits per heavy atom. The van der Waals surface area contributed by atoms with Gasteiger partial charge in [-0.2, -0.15) is 0 Å². The van der Waals surface area contributed by atoms with Crippen LogP contribution in [0.1, 0.15) is 22.7 Å². The van der Waals surface area contributed by atoms with Gasteiger partial charge in [0.1, 0.15) is 5.75 Å². The maximum atomic E-state index is 11.5. The first-order valence-electron chi connectivity index (χ1n) is 6.35. The van der Waals surface area contributed by atoms with Crippen LogP contribution in [0.25, 0.3) is 0 Å². The minimum absolute atomic E-state index is 0.0355. The molecule has 1 heterocycles. The number of rotatable bonds is 5. The number of anilines is 1. The highest BCUT2D eigenvalue weighted by Crippen LogP contribution is 2.32. The molecule has 0 amide bonds. The molecule has 0 spiro atoms. The van der Waals surface area contributed by atoms with Crippen molar-refractivity contribution in [1.82, 2.24) is 0 Å². The lowest BCUT2D eigenvalue weighted by molar-refractivity contribution is 0.415. The van der Waals surface area contributed by atoms with Crippen molar-refractivity contribution in [2.24, 2.45) is 5.14 Å². The fourth-order valence-corrected chi connectivity index (χ4v) is 3.39. The van der Waals surface area contributed by atoms with Crippen molar-refractivity contribution in [3.63, 3.8) is 0 Å². The molecule has 0 saturated heterocycles. The number of aryl methyl sites for hydroxylation is 1. The Bertz CT molecular complexity index is 738. The first kappa shape index (κ1) is 15.8. The number of benzene rings is 1. The summed E-state index contributed by atoms with van der Waals surface area (Å²) in [5.41, 5.74) is 0.600. The Hall–Kier alpha value is -1.57. The van der Waals surface area contributed by atoms with Crippen LogP contribution in [-0.4, -0.2) is 15.5 Å². The van der Waals surface area contributed by atoms with Crippen LogP contribution in [0.4, 0.5) is 5.69 Å². The monoisotopic (exact) mass is 326 g/mol. The van der Waals surface area contributed by atoms with Gasteiger partial charge >= 0.3 is 0 Å². The fourth-order valence-electron chi connectivity index (χ4n) is 1.97. The van der Waals surface area contributed by atoms with Gasteiger partial charge in [0.05, 0.1) is 23.7 Å². The average Bonchev–Trinajstić information content (AvgIpc) is 2.84. The van der Waals surface area contributed by atoms with Crippen molar-refractivity contribution in [3.05, 3.63) is 40.1 Å². The van der Waals surface area contributed by atoms with Gasteiger partial charge < -0.3 is 10.1 Å². The molecule has 1 aromatic carbocycles. The van der Waals surface area contributed by atoms with Crippen molar-refractivity contribution in [2.45, 2.75) is 24.8 Å². The minimum Gasteiger partial charge on any atom is -0.495 e. The number of nitrogens with two attached hydrogens (primary N) is 1. The Balaban J connectivity index is 2.33. The molecule has 7 heteroatoms. The van der Waals surface area contributed by atoms with E-state index >= 15 is 0 Å². The molecular formula is C14H18N2O3S2. The molecule has 5 nitrogen and oxygen atoms in total. The maximum absolute atomic E-state index is 11.5. The molecule has 0 bridgehead atoms.